The van der Waals surface area contributed by atoms with Crippen LogP contribution in [0.3, 0.4) is 0 Å². The predicted molar refractivity (Wildman–Crippen MR) is 76.3 cm³/mol. The largest absolute Gasteiger partial charge is 0.392 e. The molecule has 1 rings (SSSR count). The summed E-state index contributed by atoms with van der Waals surface area (Å²) in [6, 6.07) is 4.83. The fourth-order valence-electron chi connectivity index (χ4n) is 1.90. The molecule has 2 N–H and O–H groups in total. The maximum atomic E-state index is 12.4. The van der Waals surface area contributed by atoms with E-state index in [1.807, 2.05) is 20.8 Å². The zero-order valence-corrected chi connectivity index (χ0v) is 12.8. The fourth-order valence-corrected chi connectivity index (χ4v) is 3.54. The van der Waals surface area contributed by atoms with E-state index in [9.17, 15) is 13.5 Å². The highest BCUT2D eigenvalue weighted by atomic mass is 32.2. The summed E-state index contributed by atoms with van der Waals surface area (Å²) < 4.78 is 27.4. The van der Waals surface area contributed by atoms with Crippen LogP contribution in [0.1, 0.15) is 38.3 Å². The molecule has 0 fully saturated rings. The van der Waals surface area contributed by atoms with Crippen LogP contribution in [0.4, 0.5) is 0 Å². The van der Waals surface area contributed by atoms with Gasteiger partial charge in [-0.2, -0.15) is 0 Å². The van der Waals surface area contributed by atoms with Crippen molar-refractivity contribution in [3.05, 3.63) is 29.3 Å². The number of aliphatic hydroxyl groups excluding tert-OH is 1. The van der Waals surface area contributed by atoms with Gasteiger partial charge in [-0.1, -0.05) is 32.4 Å². The molecule has 1 aromatic rings. The second-order valence-corrected chi connectivity index (χ2v) is 6.68. The summed E-state index contributed by atoms with van der Waals surface area (Å²) in [5.41, 5.74) is 1.24. The van der Waals surface area contributed by atoms with Crippen LogP contribution in [-0.2, 0) is 16.6 Å². The van der Waals surface area contributed by atoms with E-state index in [4.69, 9.17) is 0 Å². The first kappa shape index (κ1) is 16.1. The molecule has 19 heavy (non-hydrogen) atoms. The maximum Gasteiger partial charge on any atom is 0.241 e. The molecule has 0 heterocycles. The second kappa shape index (κ2) is 6.50. The molecule has 0 aromatic heterocycles. The molecule has 0 aliphatic carbocycles. The number of benzene rings is 1. The monoisotopic (exact) mass is 285 g/mol. The van der Waals surface area contributed by atoms with Crippen LogP contribution in [0.5, 0.6) is 0 Å². The van der Waals surface area contributed by atoms with Crippen molar-refractivity contribution in [2.45, 2.75) is 51.7 Å². The van der Waals surface area contributed by atoms with E-state index in [0.717, 1.165) is 6.42 Å². The summed E-state index contributed by atoms with van der Waals surface area (Å²) in [6.07, 6.45) is 0.916. The number of hydrogen-bond acceptors (Lipinski definition) is 3. The van der Waals surface area contributed by atoms with E-state index in [2.05, 4.69) is 4.72 Å². The minimum absolute atomic E-state index is 0.118. The summed E-state index contributed by atoms with van der Waals surface area (Å²) in [5.74, 6) is 0.274. The molecule has 0 radical (unpaired) electrons. The van der Waals surface area contributed by atoms with Crippen LogP contribution >= 0.6 is 0 Å². The third kappa shape index (κ3) is 3.78. The van der Waals surface area contributed by atoms with Gasteiger partial charge in [0.05, 0.1) is 11.5 Å². The van der Waals surface area contributed by atoms with Crippen molar-refractivity contribution in [3.63, 3.8) is 0 Å². The molecule has 0 amide bonds. The highest BCUT2D eigenvalue weighted by Crippen LogP contribution is 2.20. The van der Waals surface area contributed by atoms with Crippen LogP contribution in [0.2, 0.25) is 0 Å². The lowest BCUT2D eigenvalue weighted by Crippen LogP contribution is -2.37. The van der Waals surface area contributed by atoms with Gasteiger partial charge in [0.1, 0.15) is 0 Å². The molecule has 0 saturated carbocycles. The van der Waals surface area contributed by atoms with Gasteiger partial charge in [-0.25, -0.2) is 13.1 Å². The van der Waals surface area contributed by atoms with Gasteiger partial charge in [0.15, 0.2) is 0 Å². The van der Waals surface area contributed by atoms with Crippen molar-refractivity contribution in [1.82, 2.24) is 4.72 Å². The van der Waals surface area contributed by atoms with Crippen molar-refractivity contribution < 1.29 is 13.5 Å². The predicted octanol–water partition coefficient (Wildman–Crippen LogP) is 2.20. The second-order valence-electron chi connectivity index (χ2n) is 4.99. The summed E-state index contributed by atoms with van der Waals surface area (Å²) >= 11 is 0. The fraction of sp³-hybridized carbons (Fsp3) is 0.571. The van der Waals surface area contributed by atoms with E-state index in [1.54, 1.807) is 25.1 Å². The van der Waals surface area contributed by atoms with E-state index >= 15 is 0 Å². The third-order valence-corrected chi connectivity index (χ3v) is 5.40. The molecule has 0 aliphatic rings. The minimum atomic E-state index is -3.54. The van der Waals surface area contributed by atoms with Crippen molar-refractivity contribution in [2.75, 3.05) is 0 Å². The highest BCUT2D eigenvalue weighted by molar-refractivity contribution is 7.89. The Balaban J connectivity index is 3.08. The summed E-state index contributed by atoms with van der Waals surface area (Å²) in [7, 11) is -3.54. The van der Waals surface area contributed by atoms with Gasteiger partial charge in [0.2, 0.25) is 10.0 Å². The van der Waals surface area contributed by atoms with Gasteiger partial charge in [0, 0.05) is 6.04 Å². The van der Waals surface area contributed by atoms with Crippen molar-refractivity contribution in [1.29, 1.82) is 0 Å². The number of aliphatic hydroxyl groups is 1. The maximum absolute atomic E-state index is 12.4. The molecule has 2 unspecified atom stereocenters. The zero-order chi connectivity index (χ0) is 14.6. The number of nitrogens with one attached hydrogen (secondary N) is 1. The number of rotatable bonds is 6. The van der Waals surface area contributed by atoms with E-state index in [1.165, 1.54) is 0 Å². The Bertz CT molecular complexity index is 525. The molecule has 4 nitrogen and oxygen atoms in total. The van der Waals surface area contributed by atoms with Crippen molar-refractivity contribution in [2.24, 2.45) is 5.92 Å². The normalized spacial score (nSPS) is 15.2. The lowest BCUT2D eigenvalue weighted by molar-refractivity contribution is 0.280. The number of sulfonamides is 1. The van der Waals surface area contributed by atoms with Gasteiger partial charge < -0.3 is 5.11 Å². The van der Waals surface area contributed by atoms with Crippen LogP contribution in [-0.4, -0.2) is 19.6 Å². The van der Waals surface area contributed by atoms with Gasteiger partial charge in [0.25, 0.3) is 0 Å². The van der Waals surface area contributed by atoms with E-state index < -0.39 is 10.0 Å². The van der Waals surface area contributed by atoms with Gasteiger partial charge in [-0.05, 0) is 37.0 Å². The molecule has 2 atom stereocenters. The zero-order valence-electron chi connectivity index (χ0n) is 12.0. The summed E-state index contributed by atoms with van der Waals surface area (Å²) in [6.45, 7) is 7.48. The van der Waals surface area contributed by atoms with Crippen LogP contribution in [0, 0.1) is 12.8 Å². The van der Waals surface area contributed by atoms with Crippen LogP contribution in [0.25, 0.3) is 0 Å². The average molecular weight is 285 g/mol. The molecule has 5 heteroatoms. The third-order valence-electron chi connectivity index (χ3n) is 3.69. The van der Waals surface area contributed by atoms with Crippen LogP contribution in [0.15, 0.2) is 23.1 Å². The first-order valence-corrected chi connectivity index (χ1v) is 8.03. The Labute approximate surface area is 115 Å². The van der Waals surface area contributed by atoms with Gasteiger partial charge in [-0.15, -0.1) is 0 Å². The molecule has 0 bridgehead atoms. The Morgan fingerprint density at radius 3 is 2.47 bits per heavy atom. The highest BCUT2D eigenvalue weighted by Gasteiger charge is 2.22. The first-order chi connectivity index (χ1) is 8.83. The molecular weight excluding hydrogens is 262 g/mol. The number of hydrogen-bond donors (Lipinski definition) is 2. The standard InChI is InChI=1S/C14H23NO3S/c1-5-10(2)12(4)15-19(17,18)14-8-6-7-13(9-16)11(14)3/h6-8,10,12,15-16H,5,9H2,1-4H3. The van der Waals surface area contributed by atoms with Gasteiger partial charge >= 0.3 is 0 Å². The van der Waals surface area contributed by atoms with Crippen LogP contribution < -0.4 is 4.72 Å². The summed E-state index contributed by atoms with van der Waals surface area (Å²) in [5, 5.41) is 9.20. The molecule has 0 spiro atoms. The van der Waals surface area contributed by atoms with E-state index in [-0.39, 0.29) is 23.5 Å². The molecule has 1 aromatic carbocycles. The van der Waals surface area contributed by atoms with Crippen molar-refractivity contribution in [3.8, 4) is 0 Å². The topological polar surface area (TPSA) is 66.4 Å². The molecule has 0 saturated heterocycles. The smallest absolute Gasteiger partial charge is 0.241 e. The average Bonchev–Trinajstić information content (AvgIpc) is 2.37. The van der Waals surface area contributed by atoms with Crippen molar-refractivity contribution >= 4 is 10.0 Å². The Kier molecular flexibility index (Phi) is 5.52. The lowest BCUT2D eigenvalue weighted by Gasteiger charge is -2.21. The Morgan fingerprint density at radius 1 is 1.32 bits per heavy atom. The summed E-state index contributed by atoms with van der Waals surface area (Å²) in [4.78, 5) is 0.245. The molecular formula is C14H23NO3S. The molecule has 108 valence electrons. The quantitative estimate of drug-likeness (QED) is 0.842. The lowest BCUT2D eigenvalue weighted by atomic mass is 10.0. The van der Waals surface area contributed by atoms with Gasteiger partial charge in [-0.3, -0.25) is 0 Å². The SMILES string of the molecule is CCC(C)C(C)NS(=O)(=O)c1cccc(CO)c1C. The first-order valence-electron chi connectivity index (χ1n) is 6.55. The van der Waals surface area contributed by atoms with E-state index in [0.29, 0.717) is 11.1 Å². The minimum Gasteiger partial charge on any atom is -0.392 e. The Morgan fingerprint density at radius 2 is 1.95 bits per heavy atom. The molecule has 0 aliphatic heterocycles. The Hall–Kier alpha value is -0.910.